The van der Waals surface area contributed by atoms with Crippen LogP contribution in [-0.4, -0.2) is 79.5 Å². The molecule has 1 aromatic rings. The Morgan fingerprint density at radius 2 is 1.83 bits per heavy atom. The van der Waals surface area contributed by atoms with Gasteiger partial charge in [-0.2, -0.15) is 13.2 Å². The SMILES string of the molecule is COC1=C[C@@]23CCCN2CCc2cc4c(cc2[C@@H]3C1OC(=O)[C@]1(CC(=O)OCC(F)(F)F)CCCC(C)(C)O1)OCO4. The molecule has 0 saturated carbocycles. The van der Waals surface area contributed by atoms with Crippen LogP contribution in [0, 0.1) is 0 Å². The van der Waals surface area contributed by atoms with E-state index >= 15 is 0 Å². The van der Waals surface area contributed by atoms with Gasteiger partial charge in [0.25, 0.3) is 0 Å². The van der Waals surface area contributed by atoms with Crippen molar-refractivity contribution in [3.05, 3.63) is 35.1 Å². The maximum Gasteiger partial charge on any atom is 0.422 e. The zero-order valence-electron chi connectivity index (χ0n) is 24.0. The predicted molar refractivity (Wildman–Crippen MR) is 141 cm³/mol. The van der Waals surface area contributed by atoms with Gasteiger partial charge in [0.15, 0.2) is 29.8 Å². The Labute approximate surface area is 242 Å². The minimum atomic E-state index is -4.69. The fourth-order valence-corrected chi connectivity index (χ4v) is 7.53. The molecule has 1 aromatic carbocycles. The lowest BCUT2D eigenvalue weighted by molar-refractivity contribution is -0.220. The van der Waals surface area contributed by atoms with Crippen molar-refractivity contribution >= 4 is 11.9 Å². The Bertz CT molecular complexity index is 1300. The summed E-state index contributed by atoms with van der Waals surface area (Å²) >= 11 is 0. The summed E-state index contributed by atoms with van der Waals surface area (Å²) in [5.74, 6) is -0.576. The number of benzene rings is 1. The first-order chi connectivity index (χ1) is 19.8. The standard InChI is InChI=1S/C30H36F3NO8/c1-27(2)7-4-9-29(42-27,15-23(35)38-16-30(31,32)33)26(36)41-25-22(37-3)14-28-8-5-10-34(28)11-6-18-12-20-21(40-17-39-20)13-19(18)24(25)28/h12-14,24-25H,4-11,15-17H2,1-3H3/t24-,25?,28-,29-/m1/s1. The van der Waals surface area contributed by atoms with Crippen LogP contribution >= 0.6 is 0 Å². The van der Waals surface area contributed by atoms with Crippen LogP contribution in [0.5, 0.6) is 11.5 Å². The molecular weight excluding hydrogens is 559 g/mol. The van der Waals surface area contributed by atoms with E-state index in [2.05, 4.69) is 15.7 Å². The number of fused-ring (bicyclic) bond motifs is 3. The number of hydrogen-bond donors (Lipinski definition) is 0. The van der Waals surface area contributed by atoms with Crippen molar-refractivity contribution in [1.82, 2.24) is 4.90 Å². The van der Waals surface area contributed by atoms with Gasteiger partial charge in [0.05, 0.1) is 30.6 Å². The van der Waals surface area contributed by atoms with Gasteiger partial charge in [-0.05, 0) is 88.3 Å². The zero-order chi connectivity index (χ0) is 29.9. The second-order valence-corrected chi connectivity index (χ2v) is 12.5. The van der Waals surface area contributed by atoms with Crippen molar-refractivity contribution in [2.24, 2.45) is 0 Å². The number of carbonyl (C=O) groups is 2. The first-order valence-corrected chi connectivity index (χ1v) is 14.4. The lowest BCUT2D eigenvalue weighted by atomic mass is 9.77. The number of nitrogens with zero attached hydrogens (tertiary/aromatic N) is 1. The van der Waals surface area contributed by atoms with Gasteiger partial charge in [-0.25, -0.2) is 4.79 Å². The molecule has 0 aromatic heterocycles. The number of alkyl halides is 3. The number of methoxy groups -OCH3 is 1. The molecule has 1 unspecified atom stereocenters. The number of rotatable bonds is 6. The third kappa shape index (κ3) is 5.10. The quantitative estimate of drug-likeness (QED) is 0.439. The highest BCUT2D eigenvalue weighted by molar-refractivity contribution is 5.86. The van der Waals surface area contributed by atoms with E-state index in [9.17, 15) is 22.8 Å². The Morgan fingerprint density at radius 1 is 1.07 bits per heavy atom. The Morgan fingerprint density at radius 3 is 2.55 bits per heavy atom. The molecule has 9 nitrogen and oxygen atoms in total. The monoisotopic (exact) mass is 595 g/mol. The minimum Gasteiger partial charge on any atom is -0.497 e. The normalized spacial score (nSPS) is 31.3. The van der Waals surface area contributed by atoms with E-state index in [4.69, 9.17) is 23.7 Å². The molecule has 6 rings (SSSR count). The summed E-state index contributed by atoms with van der Waals surface area (Å²) in [4.78, 5) is 29.2. The van der Waals surface area contributed by atoms with Crippen LogP contribution in [0.25, 0.3) is 0 Å². The summed E-state index contributed by atoms with van der Waals surface area (Å²) in [5.41, 5.74) is -1.07. The molecule has 0 bridgehead atoms. The molecule has 0 amide bonds. The molecule has 2 fully saturated rings. The van der Waals surface area contributed by atoms with Gasteiger partial charge in [0.1, 0.15) is 5.76 Å². The highest BCUT2D eigenvalue weighted by Gasteiger charge is 2.60. The van der Waals surface area contributed by atoms with Crippen LogP contribution in [0.3, 0.4) is 0 Å². The van der Waals surface area contributed by atoms with Crippen molar-refractivity contribution in [1.29, 1.82) is 0 Å². The van der Waals surface area contributed by atoms with E-state index in [0.717, 1.165) is 43.5 Å². The number of carbonyl (C=O) groups excluding carboxylic acids is 2. The lowest BCUT2D eigenvalue weighted by Gasteiger charge is -2.44. The molecule has 4 aliphatic heterocycles. The van der Waals surface area contributed by atoms with Crippen LogP contribution in [0.2, 0.25) is 0 Å². The molecular formula is C30H36F3NO8. The van der Waals surface area contributed by atoms with Crippen LogP contribution in [0.15, 0.2) is 24.0 Å². The first-order valence-electron chi connectivity index (χ1n) is 14.4. The van der Waals surface area contributed by atoms with Gasteiger partial charge < -0.3 is 28.4 Å². The summed E-state index contributed by atoms with van der Waals surface area (Å²) in [6, 6.07) is 3.95. The van der Waals surface area contributed by atoms with Crippen molar-refractivity contribution in [3.63, 3.8) is 0 Å². The van der Waals surface area contributed by atoms with Crippen LogP contribution < -0.4 is 9.47 Å². The van der Waals surface area contributed by atoms with Gasteiger partial charge in [0, 0.05) is 6.54 Å². The molecule has 1 spiro atoms. The Kier molecular flexibility index (Phi) is 7.15. The predicted octanol–water partition coefficient (Wildman–Crippen LogP) is 4.56. The third-order valence-corrected chi connectivity index (χ3v) is 9.23. The fourth-order valence-electron chi connectivity index (χ4n) is 7.53. The van der Waals surface area contributed by atoms with Gasteiger partial charge in [-0.3, -0.25) is 9.69 Å². The van der Waals surface area contributed by atoms with Gasteiger partial charge in [0.2, 0.25) is 6.79 Å². The summed E-state index contributed by atoms with van der Waals surface area (Å²) < 4.78 is 72.6. The van der Waals surface area contributed by atoms with E-state index in [1.165, 1.54) is 7.11 Å². The van der Waals surface area contributed by atoms with Crippen LogP contribution in [-0.2, 0) is 35.0 Å². The summed E-state index contributed by atoms with van der Waals surface area (Å²) in [6.07, 6.45) is -0.424. The second kappa shape index (κ2) is 10.3. The Hall–Kier alpha value is -2.99. The first kappa shape index (κ1) is 29.1. The molecule has 0 radical (unpaired) electrons. The fraction of sp³-hybridized carbons (Fsp3) is 0.667. The van der Waals surface area contributed by atoms with Gasteiger partial charge in [-0.1, -0.05) is 0 Å². The molecule has 1 aliphatic carbocycles. The van der Waals surface area contributed by atoms with E-state index in [0.29, 0.717) is 30.1 Å². The largest absolute Gasteiger partial charge is 0.497 e. The van der Waals surface area contributed by atoms with Crippen LogP contribution in [0.1, 0.15) is 69.4 Å². The Balaban J connectivity index is 1.36. The number of ether oxygens (including phenoxy) is 6. The topological polar surface area (TPSA) is 92.8 Å². The lowest BCUT2D eigenvalue weighted by Crippen LogP contribution is -2.54. The van der Waals surface area contributed by atoms with Gasteiger partial charge >= 0.3 is 18.1 Å². The average Bonchev–Trinajstić information content (AvgIpc) is 3.60. The summed E-state index contributed by atoms with van der Waals surface area (Å²) in [7, 11) is 1.53. The van der Waals surface area contributed by atoms with E-state index in [1.54, 1.807) is 13.8 Å². The van der Waals surface area contributed by atoms with Crippen molar-refractivity contribution in [2.75, 3.05) is 33.6 Å². The van der Waals surface area contributed by atoms with Crippen molar-refractivity contribution in [2.45, 2.75) is 93.7 Å². The third-order valence-electron chi connectivity index (χ3n) is 9.23. The number of esters is 2. The van der Waals surface area contributed by atoms with Crippen molar-refractivity contribution < 1.29 is 51.2 Å². The zero-order valence-corrected chi connectivity index (χ0v) is 24.0. The highest BCUT2D eigenvalue weighted by atomic mass is 19.4. The number of halogens is 3. The summed E-state index contributed by atoms with van der Waals surface area (Å²) in [5, 5.41) is 0. The summed E-state index contributed by atoms with van der Waals surface area (Å²) in [6.45, 7) is 3.61. The molecule has 12 heteroatoms. The van der Waals surface area contributed by atoms with E-state index in [-0.39, 0.29) is 19.1 Å². The van der Waals surface area contributed by atoms with Crippen LogP contribution in [0.4, 0.5) is 13.2 Å². The average molecular weight is 596 g/mol. The van der Waals surface area contributed by atoms with E-state index in [1.807, 2.05) is 12.1 Å². The molecule has 42 heavy (non-hydrogen) atoms. The van der Waals surface area contributed by atoms with Gasteiger partial charge in [-0.15, -0.1) is 0 Å². The second-order valence-electron chi connectivity index (χ2n) is 12.5. The number of hydrogen-bond acceptors (Lipinski definition) is 9. The minimum absolute atomic E-state index is 0.104. The molecule has 230 valence electrons. The smallest absolute Gasteiger partial charge is 0.422 e. The highest BCUT2D eigenvalue weighted by Crippen LogP contribution is 2.56. The molecule has 0 N–H and O–H groups in total. The van der Waals surface area contributed by atoms with E-state index < -0.39 is 54.0 Å². The molecule has 2 saturated heterocycles. The van der Waals surface area contributed by atoms with Crippen molar-refractivity contribution in [3.8, 4) is 11.5 Å². The molecule has 4 atom stereocenters. The molecule has 5 aliphatic rings. The molecule has 4 heterocycles. The maximum atomic E-state index is 14.2. The maximum absolute atomic E-state index is 14.2.